The highest BCUT2D eigenvalue weighted by Crippen LogP contribution is 2.18. The summed E-state index contributed by atoms with van der Waals surface area (Å²) in [6.07, 6.45) is 1.61. The van der Waals surface area contributed by atoms with Crippen molar-refractivity contribution >= 4 is 11.0 Å². The van der Waals surface area contributed by atoms with Crippen LogP contribution in [0.3, 0.4) is 0 Å². The summed E-state index contributed by atoms with van der Waals surface area (Å²) in [7, 11) is 3.32. The first-order chi connectivity index (χ1) is 13.2. The Kier molecular flexibility index (Phi) is 4.91. The molecule has 0 saturated carbocycles. The molecule has 8 heteroatoms. The largest absolute Gasteiger partial charge is 0.497 e. The van der Waals surface area contributed by atoms with Crippen LogP contribution in [0.4, 0.5) is 0 Å². The van der Waals surface area contributed by atoms with Gasteiger partial charge in [0.1, 0.15) is 17.0 Å². The molecule has 8 nitrogen and oxygen atoms in total. The summed E-state index contributed by atoms with van der Waals surface area (Å²) in [5.41, 5.74) is 1.79. The molecule has 0 N–H and O–H groups in total. The minimum Gasteiger partial charge on any atom is -0.497 e. The molecule has 0 amide bonds. The molecule has 0 bridgehead atoms. The number of ether oxygens (including phenoxy) is 2. The van der Waals surface area contributed by atoms with Crippen LogP contribution in [0.15, 0.2) is 35.3 Å². The minimum atomic E-state index is -0.0142. The molecule has 3 heterocycles. The van der Waals surface area contributed by atoms with E-state index in [1.54, 1.807) is 29.7 Å². The van der Waals surface area contributed by atoms with Crippen molar-refractivity contribution in [2.45, 2.75) is 26.2 Å². The van der Waals surface area contributed by atoms with Gasteiger partial charge < -0.3 is 9.47 Å². The van der Waals surface area contributed by atoms with Crippen molar-refractivity contribution in [3.05, 3.63) is 52.2 Å². The van der Waals surface area contributed by atoms with Gasteiger partial charge in [-0.1, -0.05) is 12.1 Å². The molecule has 4 rings (SSSR count). The lowest BCUT2D eigenvalue weighted by molar-refractivity contribution is 0.184. The Balaban J connectivity index is 1.61. The van der Waals surface area contributed by atoms with E-state index < -0.39 is 0 Å². The lowest BCUT2D eigenvalue weighted by Crippen LogP contribution is -2.39. The van der Waals surface area contributed by atoms with E-state index in [0.717, 1.165) is 24.7 Å². The van der Waals surface area contributed by atoms with E-state index >= 15 is 0 Å². The van der Waals surface area contributed by atoms with E-state index in [-0.39, 0.29) is 5.56 Å². The topological polar surface area (TPSA) is 74.4 Å². The molecule has 142 valence electrons. The third-order valence-electron chi connectivity index (χ3n) is 4.89. The third-order valence-corrected chi connectivity index (χ3v) is 4.89. The smallest absolute Gasteiger partial charge is 0.264 e. The van der Waals surface area contributed by atoms with Crippen molar-refractivity contribution in [3.63, 3.8) is 0 Å². The van der Waals surface area contributed by atoms with Gasteiger partial charge in [-0.25, -0.2) is 9.67 Å². The molecule has 0 fully saturated rings. The van der Waals surface area contributed by atoms with E-state index in [2.05, 4.69) is 16.1 Å². The van der Waals surface area contributed by atoms with Crippen LogP contribution in [0, 0.1) is 0 Å². The standard InChI is InChI=1S/C19H23N5O3/c1-26-9-8-24-18-16(11-20-24)19(25)23-7-6-22(13-17(23)21-18)12-14-4-3-5-15(10-14)27-2/h3-5,10-11H,6-9,12-13H2,1-2H3. The second-order valence-corrected chi connectivity index (χ2v) is 6.64. The predicted molar refractivity (Wildman–Crippen MR) is 101 cm³/mol. The van der Waals surface area contributed by atoms with Gasteiger partial charge >= 0.3 is 0 Å². The highest BCUT2D eigenvalue weighted by molar-refractivity contribution is 5.73. The molecule has 1 aliphatic heterocycles. The second kappa shape index (κ2) is 7.50. The highest BCUT2D eigenvalue weighted by atomic mass is 16.5. The predicted octanol–water partition coefficient (Wildman–Crippen LogP) is 1.26. The lowest BCUT2D eigenvalue weighted by atomic mass is 10.2. The van der Waals surface area contributed by atoms with Crippen molar-refractivity contribution in [1.29, 1.82) is 0 Å². The Morgan fingerprint density at radius 1 is 1.22 bits per heavy atom. The van der Waals surface area contributed by atoms with Gasteiger partial charge in [0.2, 0.25) is 0 Å². The van der Waals surface area contributed by atoms with Gasteiger partial charge in [0.15, 0.2) is 5.65 Å². The maximum absolute atomic E-state index is 12.8. The van der Waals surface area contributed by atoms with Crippen LogP contribution >= 0.6 is 0 Å². The van der Waals surface area contributed by atoms with Gasteiger partial charge in [0, 0.05) is 26.7 Å². The van der Waals surface area contributed by atoms with Gasteiger partial charge in [-0.15, -0.1) is 0 Å². The molecular weight excluding hydrogens is 346 g/mol. The quantitative estimate of drug-likeness (QED) is 0.651. The molecule has 0 atom stereocenters. The molecule has 1 aromatic carbocycles. The zero-order chi connectivity index (χ0) is 18.8. The molecule has 0 aliphatic carbocycles. The average molecular weight is 369 g/mol. The first-order valence-corrected chi connectivity index (χ1v) is 8.99. The molecule has 1 aliphatic rings. The molecule has 0 unspecified atom stereocenters. The van der Waals surface area contributed by atoms with Gasteiger partial charge in [-0.3, -0.25) is 14.3 Å². The number of methoxy groups -OCH3 is 2. The Labute approximate surface area is 156 Å². The highest BCUT2D eigenvalue weighted by Gasteiger charge is 2.22. The maximum atomic E-state index is 12.8. The van der Waals surface area contributed by atoms with Crippen molar-refractivity contribution in [2.75, 3.05) is 27.4 Å². The maximum Gasteiger partial charge on any atom is 0.264 e. The van der Waals surface area contributed by atoms with E-state index in [0.29, 0.717) is 37.3 Å². The first-order valence-electron chi connectivity index (χ1n) is 8.99. The molecule has 27 heavy (non-hydrogen) atoms. The van der Waals surface area contributed by atoms with Gasteiger partial charge in [-0.05, 0) is 17.7 Å². The zero-order valence-corrected chi connectivity index (χ0v) is 15.6. The Morgan fingerprint density at radius 2 is 2.11 bits per heavy atom. The van der Waals surface area contributed by atoms with Crippen LogP contribution in [0.1, 0.15) is 11.4 Å². The van der Waals surface area contributed by atoms with Crippen molar-refractivity contribution < 1.29 is 9.47 Å². The van der Waals surface area contributed by atoms with Crippen LogP contribution in [-0.4, -0.2) is 51.6 Å². The van der Waals surface area contributed by atoms with Gasteiger partial charge in [0.05, 0.1) is 33.0 Å². The SMILES string of the molecule is COCCn1ncc2c(=O)n3c(nc21)CN(Cc1cccc(OC)c1)CC3. The van der Waals surface area contributed by atoms with E-state index in [1.807, 2.05) is 18.2 Å². The summed E-state index contributed by atoms with van der Waals surface area (Å²) in [6.45, 7) is 3.94. The molecule has 0 saturated heterocycles. The number of hydrogen-bond acceptors (Lipinski definition) is 6. The number of fused-ring (bicyclic) bond motifs is 2. The van der Waals surface area contributed by atoms with Crippen LogP contribution in [-0.2, 0) is 30.9 Å². The molecule has 3 aromatic rings. The van der Waals surface area contributed by atoms with Crippen molar-refractivity contribution in [2.24, 2.45) is 0 Å². The molecular formula is C19H23N5O3. The third kappa shape index (κ3) is 3.45. The number of aromatic nitrogens is 4. The fourth-order valence-corrected chi connectivity index (χ4v) is 3.47. The van der Waals surface area contributed by atoms with Crippen molar-refractivity contribution in [3.8, 4) is 5.75 Å². The van der Waals surface area contributed by atoms with Crippen molar-refractivity contribution in [1.82, 2.24) is 24.2 Å². The van der Waals surface area contributed by atoms with E-state index in [9.17, 15) is 4.79 Å². The summed E-state index contributed by atoms with van der Waals surface area (Å²) in [4.78, 5) is 19.9. The number of benzene rings is 1. The average Bonchev–Trinajstić information content (AvgIpc) is 3.09. The normalized spacial score (nSPS) is 14.4. The molecule has 0 radical (unpaired) electrons. The number of nitrogens with zero attached hydrogens (tertiary/aromatic N) is 5. The summed E-state index contributed by atoms with van der Waals surface area (Å²) < 4.78 is 13.9. The Morgan fingerprint density at radius 3 is 2.93 bits per heavy atom. The van der Waals surface area contributed by atoms with Crippen LogP contribution < -0.4 is 10.3 Å². The van der Waals surface area contributed by atoms with Crippen LogP contribution in [0.5, 0.6) is 5.75 Å². The lowest BCUT2D eigenvalue weighted by Gasteiger charge is -2.29. The minimum absolute atomic E-state index is 0.0142. The zero-order valence-electron chi connectivity index (χ0n) is 15.6. The Bertz CT molecular complexity index is 1010. The summed E-state index contributed by atoms with van der Waals surface area (Å²) >= 11 is 0. The van der Waals surface area contributed by atoms with Gasteiger partial charge in [0.25, 0.3) is 5.56 Å². The monoisotopic (exact) mass is 369 g/mol. The van der Waals surface area contributed by atoms with Gasteiger partial charge in [-0.2, -0.15) is 5.10 Å². The summed E-state index contributed by atoms with van der Waals surface area (Å²) in [6, 6.07) is 8.06. The van der Waals surface area contributed by atoms with Crippen LogP contribution in [0.2, 0.25) is 0 Å². The Hall–Kier alpha value is -2.71. The number of rotatable bonds is 6. The fraction of sp³-hybridized carbons (Fsp3) is 0.421. The van der Waals surface area contributed by atoms with Crippen LogP contribution in [0.25, 0.3) is 11.0 Å². The van der Waals surface area contributed by atoms with E-state index in [4.69, 9.17) is 14.5 Å². The first kappa shape index (κ1) is 17.7. The second-order valence-electron chi connectivity index (χ2n) is 6.64. The van der Waals surface area contributed by atoms with E-state index in [1.165, 1.54) is 5.56 Å². The summed E-state index contributed by atoms with van der Waals surface area (Å²) in [5.74, 6) is 1.63. The molecule has 2 aromatic heterocycles. The summed E-state index contributed by atoms with van der Waals surface area (Å²) in [5, 5.41) is 4.87. The number of hydrogen-bond donors (Lipinski definition) is 0. The fourth-order valence-electron chi connectivity index (χ4n) is 3.47. The molecule has 0 spiro atoms.